The fourth-order valence-corrected chi connectivity index (χ4v) is 4.62. The van der Waals surface area contributed by atoms with Crippen molar-refractivity contribution in [3.05, 3.63) is 64.7 Å². The third-order valence-electron chi connectivity index (χ3n) is 5.44. The van der Waals surface area contributed by atoms with Crippen LogP contribution in [0.4, 0.5) is 5.69 Å². The Labute approximate surface area is 197 Å². The second-order valence-corrected chi connectivity index (χ2v) is 10.8. The maximum atomic E-state index is 13.5. The van der Waals surface area contributed by atoms with Gasteiger partial charge in [0.05, 0.1) is 11.9 Å². The van der Waals surface area contributed by atoms with Crippen LogP contribution in [0.5, 0.6) is 0 Å². The van der Waals surface area contributed by atoms with Crippen molar-refractivity contribution in [2.45, 2.75) is 60.2 Å². The molecule has 1 atom stereocenters. The maximum absolute atomic E-state index is 13.5. The topological polar surface area (TPSA) is 86.8 Å². The Morgan fingerprint density at radius 2 is 1.48 bits per heavy atom. The number of aryl methyl sites for hydroxylation is 3. The Balaban J connectivity index is 2.44. The van der Waals surface area contributed by atoms with E-state index >= 15 is 0 Å². The second-order valence-electron chi connectivity index (χ2n) is 8.86. The average Bonchev–Trinajstić information content (AvgIpc) is 2.70. The van der Waals surface area contributed by atoms with Crippen LogP contribution in [0.25, 0.3) is 0 Å². The fourth-order valence-electron chi connectivity index (χ4n) is 3.65. The van der Waals surface area contributed by atoms with Gasteiger partial charge in [0.2, 0.25) is 21.8 Å². The standard InChI is InChI=1S/C25H35N3O4S/c1-17(2)26-25(30)21(6)27(15-22-13-11-18(3)12-14-22)23(29)16-28(33(7,31)32)24-19(4)9-8-10-20(24)5/h8-14,17,21H,15-16H2,1-7H3,(H,26,30)/t21-/m0/s1. The monoisotopic (exact) mass is 473 g/mol. The number of carbonyl (C=O) groups excluding carboxylic acids is 2. The Morgan fingerprint density at radius 1 is 0.939 bits per heavy atom. The van der Waals surface area contributed by atoms with Gasteiger partial charge in [-0.3, -0.25) is 13.9 Å². The lowest BCUT2D eigenvalue weighted by Crippen LogP contribution is -2.52. The number of sulfonamides is 1. The molecular formula is C25H35N3O4S. The molecule has 0 saturated carbocycles. The van der Waals surface area contributed by atoms with Gasteiger partial charge in [-0.1, -0.05) is 48.0 Å². The summed E-state index contributed by atoms with van der Waals surface area (Å²) < 4.78 is 26.6. The molecule has 0 aliphatic carbocycles. The highest BCUT2D eigenvalue weighted by Gasteiger charge is 2.31. The van der Waals surface area contributed by atoms with Crippen LogP contribution in [0.2, 0.25) is 0 Å². The Morgan fingerprint density at radius 3 is 1.97 bits per heavy atom. The number of hydrogen-bond acceptors (Lipinski definition) is 4. The average molecular weight is 474 g/mol. The van der Waals surface area contributed by atoms with E-state index in [0.717, 1.165) is 32.8 Å². The molecular weight excluding hydrogens is 438 g/mol. The van der Waals surface area contributed by atoms with E-state index in [0.29, 0.717) is 5.69 Å². The lowest BCUT2D eigenvalue weighted by atomic mass is 10.1. The number of carbonyl (C=O) groups is 2. The lowest BCUT2D eigenvalue weighted by Gasteiger charge is -2.32. The number of hydrogen-bond donors (Lipinski definition) is 1. The molecule has 0 bridgehead atoms. The third-order valence-corrected chi connectivity index (χ3v) is 6.55. The summed E-state index contributed by atoms with van der Waals surface area (Å²) >= 11 is 0. The van der Waals surface area contributed by atoms with Gasteiger partial charge in [0.1, 0.15) is 12.6 Å². The van der Waals surface area contributed by atoms with Gasteiger partial charge in [-0.2, -0.15) is 0 Å². The molecule has 0 heterocycles. The van der Waals surface area contributed by atoms with Crippen LogP contribution in [0, 0.1) is 20.8 Å². The van der Waals surface area contributed by atoms with Crippen molar-refractivity contribution < 1.29 is 18.0 Å². The van der Waals surface area contributed by atoms with Crippen molar-refractivity contribution in [1.82, 2.24) is 10.2 Å². The number of nitrogens with zero attached hydrogens (tertiary/aromatic N) is 2. The molecule has 7 nitrogen and oxygen atoms in total. The van der Waals surface area contributed by atoms with Gasteiger partial charge in [-0.05, 0) is 58.2 Å². The SMILES string of the molecule is Cc1ccc(CN(C(=O)CN(c2c(C)cccc2C)S(C)(=O)=O)[C@@H](C)C(=O)NC(C)C)cc1. The highest BCUT2D eigenvalue weighted by Crippen LogP contribution is 2.27. The summed E-state index contributed by atoms with van der Waals surface area (Å²) in [5.41, 5.74) is 3.94. The Bertz CT molecular complexity index is 1070. The van der Waals surface area contributed by atoms with Crippen molar-refractivity contribution in [3.63, 3.8) is 0 Å². The van der Waals surface area contributed by atoms with E-state index in [9.17, 15) is 18.0 Å². The fraction of sp³-hybridized carbons (Fsp3) is 0.440. The van der Waals surface area contributed by atoms with Gasteiger partial charge < -0.3 is 10.2 Å². The molecule has 180 valence electrons. The molecule has 2 rings (SSSR count). The molecule has 0 saturated heterocycles. The smallest absolute Gasteiger partial charge is 0.244 e. The predicted molar refractivity (Wildman–Crippen MR) is 133 cm³/mol. The highest BCUT2D eigenvalue weighted by atomic mass is 32.2. The van der Waals surface area contributed by atoms with Gasteiger partial charge in [-0.15, -0.1) is 0 Å². The zero-order valence-corrected chi connectivity index (χ0v) is 21.4. The van der Waals surface area contributed by atoms with Crippen LogP contribution in [0.15, 0.2) is 42.5 Å². The quantitative estimate of drug-likeness (QED) is 0.605. The minimum Gasteiger partial charge on any atom is -0.352 e. The largest absolute Gasteiger partial charge is 0.352 e. The Kier molecular flexibility index (Phi) is 8.66. The number of para-hydroxylation sites is 1. The van der Waals surface area contributed by atoms with Crippen LogP contribution in [-0.2, 0) is 26.2 Å². The van der Waals surface area contributed by atoms with Crippen molar-refractivity contribution >= 4 is 27.5 Å². The zero-order valence-electron chi connectivity index (χ0n) is 20.5. The molecule has 1 N–H and O–H groups in total. The molecule has 33 heavy (non-hydrogen) atoms. The van der Waals surface area contributed by atoms with Gasteiger partial charge in [0.25, 0.3) is 0 Å². The van der Waals surface area contributed by atoms with E-state index in [2.05, 4.69) is 5.32 Å². The molecule has 0 aromatic heterocycles. The molecule has 2 amide bonds. The van der Waals surface area contributed by atoms with E-state index in [1.807, 2.05) is 77.1 Å². The first kappa shape index (κ1) is 26.4. The molecule has 2 aromatic rings. The summed E-state index contributed by atoms with van der Waals surface area (Å²) in [6.07, 6.45) is 1.09. The van der Waals surface area contributed by atoms with Crippen LogP contribution < -0.4 is 9.62 Å². The molecule has 0 spiro atoms. The molecule has 0 unspecified atom stereocenters. The van der Waals surface area contributed by atoms with Crippen molar-refractivity contribution in [2.75, 3.05) is 17.1 Å². The summed E-state index contributed by atoms with van der Waals surface area (Å²) in [5.74, 6) is -0.738. The number of benzene rings is 2. The van der Waals surface area contributed by atoms with Crippen LogP contribution in [0.3, 0.4) is 0 Å². The molecule has 0 fully saturated rings. The van der Waals surface area contributed by atoms with Crippen molar-refractivity contribution in [3.8, 4) is 0 Å². The van der Waals surface area contributed by atoms with Crippen molar-refractivity contribution in [2.24, 2.45) is 0 Å². The maximum Gasteiger partial charge on any atom is 0.244 e. The highest BCUT2D eigenvalue weighted by molar-refractivity contribution is 7.92. The first-order valence-electron chi connectivity index (χ1n) is 11.0. The first-order valence-corrected chi connectivity index (χ1v) is 12.9. The minimum absolute atomic E-state index is 0.0848. The van der Waals surface area contributed by atoms with Crippen LogP contribution in [0.1, 0.15) is 43.0 Å². The number of rotatable bonds is 9. The number of nitrogens with one attached hydrogen (secondary N) is 1. The molecule has 0 aliphatic rings. The first-order chi connectivity index (χ1) is 15.3. The van der Waals surface area contributed by atoms with Crippen LogP contribution >= 0.6 is 0 Å². The van der Waals surface area contributed by atoms with Gasteiger partial charge >= 0.3 is 0 Å². The van der Waals surface area contributed by atoms with E-state index in [-0.39, 0.29) is 18.5 Å². The van der Waals surface area contributed by atoms with Gasteiger partial charge in [-0.25, -0.2) is 8.42 Å². The van der Waals surface area contributed by atoms with E-state index in [1.54, 1.807) is 6.92 Å². The Hall–Kier alpha value is -2.87. The number of anilines is 1. The lowest BCUT2D eigenvalue weighted by molar-refractivity contribution is -0.139. The second kappa shape index (κ2) is 10.8. The molecule has 2 aromatic carbocycles. The normalized spacial score (nSPS) is 12.4. The zero-order chi connectivity index (χ0) is 24.9. The summed E-state index contributed by atoms with van der Waals surface area (Å²) in [6, 6.07) is 12.3. The summed E-state index contributed by atoms with van der Waals surface area (Å²) in [6.45, 7) is 10.8. The molecule has 0 radical (unpaired) electrons. The summed E-state index contributed by atoms with van der Waals surface area (Å²) in [7, 11) is -3.75. The van der Waals surface area contributed by atoms with Crippen molar-refractivity contribution in [1.29, 1.82) is 0 Å². The van der Waals surface area contributed by atoms with E-state index in [4.69, 9.17) is 0 Å². The molecule has 8 heteroatoms. The van der Waals surface area contributed by atoms with Crippen LogP contribution in [-0.4, -0.2) is 50.0 Å². The predicted octanol–water partition coefficient (Wildman–Crippen LogP) is 3.32. The summed E-state index contributed by atoms with van der Waals surface area (Å²) in [5, 5.41) is 2.84. The minimum atomic E-state index is -3.75. The third kappa shape index (κ3) is 7.05. The number of amides is 2. The van der Waals surface area contributed by atoms with E-state index in [1.165, 1.54) is 4.90 Å². The van der Waals surface area contributed by atoms with Gasteiger partial charge in [0, 0.05) is 12.6 Å². The van der Waals surface area contributed by atoms with Gasteiger partial charge in [0.15, 0.2) is 0 Å². The molecule has 0 aliphatic heterocycles. The van der Waals surface area contributed by atoms with E-state index < -0.39 is 28.5 Å². The summed E-state index contributed by atoms with van der Waals surface area (Å²) in [4.78, 5) is 27.7.